The first-order valence-corrected chi connectivity index (χ1v) is 35.6. The van der Waals surface area contributed by atoms with Crippen molar-refractivity contribution < 1.29 is 59.7 Å². The number of nitrogens with zero attached hydrogens (tertiary/aromatic N) is 13. The Morgan fingerprint density at radius 1 is 0.573 bits per heavy atom. The lowest BCUT2D eigenvalue weighted by Crippen LogP contribution is -2.36. The van der Waals surface area contributed by atoms with Gasteiger partial charge in [0.25, 0.3) is 32.1 Å². The van der Waals surface area contributed by atoms with Crippen LogP contribution in [-0.4, -0.2) is 170 Å². The van der Waals surface area contributed by atoms with Crippen molar-refractivity contribution in [2.45, 2.75) is 56.5 Å². The van der Waals surface area contributed by atoms with E-state index in [-0.39, 0.29) is 72.0 Å². The molecular formula is C61H69N17O13S5. The number of Topliss-reactive ketones (excluding diaryl/α,β-unsaturated/α-hetero) is 2. The maximum atomic E-state index is 13.7. The van der Waals surface area contributed by atoms with Crippen LogP contribution in [0.15, 0.2) is 131 Å². The summed E-state index contributed by atoms with van der Waals surface area (Å²) in [6, 6.07) is 20.7. The number of aromatic nitrogens is 5. The molecule has 9 rings (SSSR count). The molecule has 5 heterocycles. The minimum absolute atomic E-state index is 0.0810. The molecule has 30 nitrogen and oxygen atoms in total. The zero-order valence-electron chi connectivity index (χ0n) is 52.9. The molecule has 4 aromatic carbocycles. The average molecular weight is 1410 g/mol. The Morgan fingerprint density at radius 3 is 1.30 bits per heavy atom. The number of thiazole rings is 2. The SMILES string of the molecule is CCN(CC)c1ccc(N=Nc2nc(N3CCOCC3)c(/C=C(/C(C)=O)C(=O)Nc3ccc(S(=O)(=O)O)cc3)s2)c(Nc2nc(Nc3cc(N(CC)CC)ccc3N=Nc3nc(N4CCOCC4)c(/C=C(\C(C)=O)C(=O)Nc4ccc(S(=O)(=O)O)cc4)s3)nc(SCCO)n2)c1. The molecule has 0 aliphatic carbocycles. The molecule has 3 aromatic heterocycles. The number of aliphatic hydroxyl groups excluding tert-OH is 1. The molecule has 2 saturated heterocycles. The van der Waals surface area contributed by atoms with Crippen molar-refractivity contribution in [1.29, 1.82) is 0 Å². The molecule has 2 amide bonds. The quantitative estimate of drug-likeness (QED) is 0.00572. The molecule has 2 aliphatic rings. The summed E-state index contributed by atoms with van der Waals surface area (Å²) in [4.78, 5) is 86.1. The number of benzene rings is 4. The standard InChI is InChI=1S/C61H69N17O13S5/c1-7-75(8-2)41-15-21-47(71-73-60-66-53(77-23-28-90-29-24-77)51(93-60)35-45(37(5)80)55(82)62-39-11-17-43(18-12-39)95(84,85)86)49(33-41)64-57-68-58(70-59(69-57)92-32-27-79)65-50-34-42(76(9-3)10-4)16-22-48(50)72-74-61-67-54(78-25-30-91-31-26-78)52(94-61)36-46(38(6)81)56(83)63-40-13-19-44(20-14-40)96(87,88)89/h11-22,33-36,79H,7-10,23-32H2,1-6H3,(H,62,82)(H,63,83)(H,84,85,86)(H,87,88,89)(H2,64,65,68,69,70)/b45-35-,46-36+,73-71?,74-72?. The average Bonchev–Trinajstić information content (AvgIpc) is 1.85. The van der Waals surface area contributed by atoms with Crippen LogP contribution in [0.4, 0.5) is 79.3 Å². The van der Waals surface area contributed by atoms with Crippen molar-refractivity contribution >= 4 is 169 Å². The number of morpholine rings is 2. The fourth-order valence-corrected chi connectivity index (χ4v) is 13.0. The van der Waals surface area contributed by atoms with E-state index in [1.165, 1.54) is 62.0 Å². The second-order valence-corrected chi connectivity index (χ2v) is 26.9. The number of azo groups is 2. The molecule has 0 bridgehead atoms. The van der Waals surface area contributed by atoms with Gasteiger partial charge in [0.1, 0.15) is 23.0 Å². The number of amides is 2. The number of nitrogens with one attached hydrogen (secondary N) is 4. The van der Waals surface area contributed by atoms with Crippen LogP contribution < -0.4 is 40.9 Å². The van der Waals surface area contributed by atoms with Crippen LogP contribution in [0, 0.1) is 0 Å². The predicted molar refractivity (Wildman–Crippen MR) is 370 cm³/mol. The summed E-state index contributed by atoms with van der Waals surface area (Å²) in [6.07, 6.45) is 2.84. The van der Waals surface area contributed by atoms with E-state index in [0.717, 1.165) is 58.3 Å². The maximum Gasteiger partial charge on any atom is 0.294 e. The van der Waals surface area contributed by atoms with Crippen LogP contribution in [-0.2, 0) is 48.9 Å². The molecule has 35 heteroatoms. The fraction of sp³-hybridized carbons (Fsp3) is 0.328. The van der Waals surface area contributed by atoms with Gasteiger partial charge < -0.3 is 55.4 Å². The van der Waals surface area contributed by atoms with E-state index in [0.29, 0.717) is 123 Å². The highest BCUT2D eigenvalue weighted by molar-refractivity contribution is 7.99. The first-order chi connectivity index (χ1) is 46.0. The van der Waals surface area contributed by atoms with Crippen molar-refractivity contribution in [3.8, 4) is 0 Å². The summed E-state index contributed by atoms with van der Waals surface area (Å²) in [7, 11) is -8.99. The number of rotatable bonds is 29. The summed E-state index contributed by atoms with van der Waals surface area (Å²) in [6.45, 7) is 16.5. The van der Waals surface area contributed by atoms with Crippen molar-refractivity contribution in [2.75, 3.05) is 132 Å². The molecule has 0 spiro atoms. The van der Waals surface area contributed by atoms with Crippen LogP contribution in [0.2, 0.25) is 0 Å². The second-order valence-electron chi connectivity index (χ2n) is 20.9. The van der Waals surface area contributed by atoms with Crippen LogP contribution in [0.5, 0.6) is 0 Å². The third-order valence-electron chi connectivity index (χ3n) is 14.6. The molecule has 506 valence electrons. The number of anilines is 10. The fourth-order valence-electron chi connectivity index (χ4n) is 9.73. The van der Waals surface area contributed by atoms with Gasteiger partial charge in [-0.3, -0.25) is 28.3 Å². The lowest BCUT2D eigenvalue weighted by atomic mass is 10.1. The van der Waals surface area contributed by atoms with E-state index in [9.17, 15) is 50.2 Å². The molecule has 2 fully saturated rings. The van der Waals surface area contributed by atoms with E-state index < -0.39 is 43.6 Å². The number of thioether (sulfide) groups is 1. The topological polar surface area (TPSA) is 391 Å². The number of carbonyl (C=O) groups is 4. The molecule has 0 saturated carbocycles. The number of hydrogen-bond acceptors (Lipinski definition) is 29. The van der Waals surface area contributed by atoms with Gasteiger partial charge in [-0.1, -0.05) is 34.4 Å². The first-order valence-electron chi connectivity index (χ1n) is 30.1. The number of hydrogen-bond donors (Lipinski definition) is 7. The number of carbonyl (C=O) groups excluding carboxylic acids is 4. The van der Waals surface area contributed by atoms with Gasteiger partial charge in [-0.15, -0.1) is 20.5 Å². The summed E-state index contributed by atoms with van der Waals surface area (Å²) < 4.78 is 76.7. The van der Waals surface area contributed by atoms with Crippen molar-refractivity contribution in [1.82, 2.24) is 24.9 Å². The molecule has 2 aliphatic heterocycles. The third kappa shape index (κ3) is 18.7. The number of aliphatic hydroxyl groups is 1. The van der Waals surface area contributed by atoms with E-state index in [1.807, 2.05) is 61.8 Å². The molecule has 0 unspecified atom stereocenters. The first kappa shape index (κ1) is 71.3. The van der Waals surface area contributed by atoms with E-state index in [2.05, 4.69) is 41.3 Å². The lowest BCUT2D eigenvalue weighted by Gasteiger charge is -2.27. The maximum absolute atomic E-state index is 13.7. The van der Waals surface area contributed by atoms with Crippen LogP contribution >= 0.6 is 34.4 Å². The van der Waals surface area contributed by atoms with Crippen LogP contribution in [0.25, 0.3) is 12.2 Å². The Hall–Kier alpha value is -9.04. The largest absolute Gasteiger partial charge is 0.396 e. The van der Waals surface area contributed by atoms with Gasteiger partial charge in [-0.2, -0.15) is 41.8 Å². The highest BCUT2D eigenvalue weighted by Crippen LogP contribution is 2.41. The van der Waals surface area contributed by atoms with Crippen molar-refractivity contribution in [3.63, 3.8) is 0 Å². The highest BCUT2D eigenvalue weighted by Gasteiger charge is 2.26. The summed E-state index contributed by atoms with van der Waals surface area (Å²) in [5.41, 5.74) is 3.10. The second kappa shape index (κ2) is 32.6. The monoisotopic (exact) mass is 1410 g/mol. The summed E-state index contributed by atoms with van der Waals surface area (Å²) >= 11 is 3.35. The third-order valence-corrected chi connectivity index (χ3v) is 18.9. The van der Waals surface area contributed by atoms with Gasteiger partial charge in [0.15, 0.2) is 16.7 Å². The number of ether oxygens (including phenoxy) is 2. The van der Waals surface area contributed by atoms with Gasteiger partial charge in [0.05, 0.1) is 75.1 Å². The summed E-state index contributed by atoms with van der Waals surface area (Å²) in [5, 5.41) is 41.2. The Bertz CT molecular complexity index is 4070. The molecule has 0 atom stereocenters. The molecule has 7 N–H and O–H groups in total. The minimum Gasteiger partial charge on any atom is -0.396 e. The molecule has 96 heavy (non-hydrogen) atoms. The van der Waals surface area contributed by atoms with Gasteiger partial charge >= 0.3 is 0 Å². The number of ketones is 2. The Balaban J connectivity index is 1.05. The lowest BCUT2D eigenvalue weighted by molar-refractivity contribution is -0.120. The molecule has 0 radical (unpaired) electrons. The minimum atomic E-state index is -4.49. The van der Waals surface area contributed by atoms with Crippen LogP contribution in [0.3, 0.4) is 0 Å². The van der Waals surface area contributed by atoms with E-state index in [1.54, 1.807) is 12.1 Å². The normalized spacial score (nSPS) is 14.1. The highest BCUT2D eigenvalue weighted by atomic mass is 32.2. The zero-order chi connectivity index (χ0) is 68.7. The summed E-state index contributed by atoms with van der Waals surface area (Å²) in [5.74, 6) is -1.41. The Labute approximate surface area is 565 Å². The van der Waals surface area contributed by atoms with Crippen molar-refractivity contribution in [3.05, 3.63) is 106 Å². The smallest absolute Gasteiger partial charge is 0.294 e. The van der Waals surface area contributed by atoms with Gasteiger partial charge in [-0.25, -0.2) is 0 Å². The van der Waals surface area contributed by atoms with Gasteiger partial charge in [0, 0.05) is 80.9 Å². The Kier molecular flexibility index (Phi) is 24.2. The van der Waals surface area contributed by atoms with E-state index in [4.69, 9.17) is 44.6 Å². The van der Waals surface area contributed by atoms with Gasteiger partial charge in [0.2, 0.25) is 22.2 Å². The van der Waals surface area contributed by atoms with Crippen molar-refractivity contribution in [2.24, 2.45) is 20.5 Å². The molecular weight excluding hydrogens is 1340 g/mol. The zero-order valence-corrected chi connectivity index (χ0v) is 57.0. The van der Waals surface area contributed by atoms with Crippen LogP contribution in [0.1, 0.15) is 51.3 Å². The predicted octanol–water partition coefficient (Wildman–Crippen LogP) is 10.3. The van der Waals surface area contributed by atoms with E-state index >= 15 is 0 Å². The molecule has 7 aromatic rings. The van der Waals surface area contributed by atoms with Gasteiger partial charge in [-0.05, 0) is 139 Å². The Morgan fingerprint density at radius 2 is 0.958 bits per heavy atom.